The van der Waals surface area contributed by atoms with E-state index in [1.165, 1.54) is 18.2 Å². The summed E-state index contributed by atoms with van der Waals surface area (Å²) in [6, 6.07) is 9.89. The molecule has 3 rings (SSSR count). The molecule has 1 aromatic heterocycles. The highest BCUT2D eigenvalue weighted by Gasteiger charge is 2.15. The molecular weight excluding hydrogens is 332 g/mol. The summed E-state index contributed by atoms with van der Waals surface area (Å²) in [5.74, 6) is -0.296. The van der Waals surface area contributed by atoms with Gasteiger partial charge in [-0.15, -0.1) is 0 Å². The number of nitro benzene ring substituents is 1. The number of halogens is 1. The smallest absolute Gasteiger partial charge is 0.289 e. The number of furan rings is 1. The maximum absolute atomic E-state index is 12.2. The highest BCUT2D eigenvalue weighted by Crippen LogP contribution is 2.28. The van der Waals surface area contributed by atoms with Crippen molar-refractivity contribution in [1.29, 1.82) is 0 Å². The van der Waals surface area contributed by atoms with E-state index in [1.807, 2.05) is 25.1 Å². The first kappa shape index (κ1) is 16.0. The number of fused-ring (bicyclic) bond motifs is 1. The number of anilines is 1. The summed E-state index contributed by atoms with van der Waals surface area (Å²) in [6.45, 7) is 1.96. The summed E-state index contributed by atoms with van der Waals surface area (Å²) in [4.78, 5) is 22.5. The summed E-state index contributed by atoms with van der Waals surface area (Å²) in [7, 11) is 0. The van der Waals surface area contributed by atoms with E-state index in [9.17, 15) is 14.9 Å². The van der Waals surface area contributed by atoms with Gasteiger partial charge >= 0.3 is 0 Å². The summed E-state index contributed by atoms with van der Waals surface area (Å²) >= 11 is 5.75. The van der Waals surface area contributed by atoms with E-state index < -0.39 is 4.92 Å². The van der Waals surface area contributed by atoms with Crippen LogP contribution in [0.15, 0.2) is 47.1 Å². The van der Waals surface area contributed by atoms with Crippen LogP contribution in [0.2, 0.25) is 5.02 Å². The van der Waals surface area contributed by atoms with Gasteiger partial charge in [-0.25, -0.2) is 0 Å². The van der Waals surface area contributed by atoms with Gasteiger partial charge in [0.1, 0.15) is 10.6 Å². The van der Waals surface area contributed by atoms with Gasteiger partial charge in [0.2, 0.25) is 5.91 Å². The standard InChI is InChI=1S/C17H13ClN2O4/c1-10-2-4-13-11(9-24-16(13)6-10)7-17(21)19-12-3-5-14(18)15(8-12)20(22)23/h2-6,8-9H,7H2,1H3,(H,19,21). The Kier molecular flexibility index (Phi) is 4.22. The molecule has 0 aliphatic carbocycles. The first-order valence-corrected chi connectivity index (χ1v) is 7.52. The summed E-state index contributed by atoms with van der Waals surface area (Å²) in [5, 5.41) is 14.4. The zero-order valence-electron chi connectivity index (χ0n) is 12.7. The second kappa shape index (κ2) is 6.33. The zero-order chi connectivity index (χ0) is 17.3. The fraction of sp³-hybridized carbons (Fsp3) is 0.118. The molecule has 0 atom stereocenters. The van der Waals surface area contributed by atoms with Crippen molar-refractivity contribution in [3.63, 3.8) is 0 Å². The van der Waals surface area contributed by atoms with E-state index in [2.05, 4.69) is 5.32 Å². The lowest BCUT2D eigenvalue weighted by atomic mass is 10.1. The van der Waals surface area contributed by atoms with Gasteiger partial charge < -0.3 is 9.73 Å². The van der Waals surface area contributed by atoms with Crippen LogP contribution in [-0.4, -0.2) is 10.8 Å². The Bertz CT molecular complexity index is 949. The molecule has 0 bridgehead atoms. The Morgan fingerprint density at radius 1 is 1.29 bits per heavy atom. The molecule has 0 aliphatic heterocycles. The minimum Gasteiger partial charge on any atom is -0.464 e. The number of benzene rings is 2. The molecule has 2 aromatic carbocycles. The summed E-state index contributed by atoms with van der Waals surface area (Å²) < 4.78 is 5.46. The number of rotatable bonds is 4. The van der Waals surface area contributed by atoms with E-state index in [1.54, 1.807) is 6.26 Å². The van der Waals surface area contributed by atoms with Gasteiger partial charge in [0, 0.05) is 22.7 Å². The molecule has 0 fully saturated rings. The van der Waals surface area contributed by atoms with Crippen LogP contribution in [0.4, 0.5) is 11.4 Å². The number of hydrogen-bond donors (Lipinski definition) is 1. The Balaban J connectivity index is 1.78. The fourth-order valence-corrected chi connectivity index (χ4v) is 2.62. The van der Waals surface area contributed by atoms with Crippen LogP contribution in [-0.2, 0) is 11.2 Å². The summed E-state index contributed by atoms with van der Waals surface area (Å²) in [5.41, 5.74) is 2.62. The Morgan fingerprint density at radius 3 is 2.83 bits per heavy atom. The largest absolute Gasteiger partial charge is 0.464 e. The maximum atomic E-state index is 12.2. The molecule has 0 radical (unpaired) electrons. The van der Waals surface area contributed by atoms with Crippen LogP contribution in [0.3, 0.4) is 0 Å². The Hall–Kier alpha value is -2.86. The Morgan fingerprint density at radius 2 is 2.08 bits per heavy atom. The number of carbonyl (C=O) groups excluding carboxylic acids is 1. The van der Waals surface area contributed by atoms with Crippen molar-refractivity contribution in [3.8, 4) is 0 Å². The average Bonchev–Trinajstić information content (AvgIpc) is 2.91. The molecule has 0 saturated carbocycles. The van der Waals surface area contributed by atoms with Gasteiger partial charge in [0.15, 0.2) is 0 Å². The summed E-state index contributed by atoms with van der Waals surface area (Å²) in [6.07, 6.45) is 1.65. The van der Waals surface area contributed by atoms with Crippen molar-refractivity contribution in [2.75, 3.05) is 5.32 Å². The van der Waals surface area contributed by atoms with Crippen LogP contribution >= 0.6 is 11.6 Å². The number of nitrogens with zero attached hydrogens (tertiary/aromatic N) is 1. The predicted molar refractivity (Wildman–Crippen MR) is 91.4 cm³/mol. The van der Waals surface area contributed by atoms with Gasteiger partial charge in [-0.05, 0) is 30.7 Å². The molecule has 3 aromatic rings. The van der Waals surface area contributed by atoms with E-state index in [0.717, 1.165) is 22.1 Å². The van der Waals surface area contributed by atoms with Crippen LogP contribution in [0, 0.1) is 17.0 Å². The molecule has 0 spiro atoms. The zero-order valence-corrected chi connectivity index (χ0v) is 13.5. The minimum atomic E-state index is -0.593. The van der Waals surface area contributed by atoms with Crippen molar-refractivity contribution in [1.82, 2.24) is 0 Å². The van der Waals surface area contributed by atoms with Crippen molar-refractivity contribution in [2.45, 2.75) is 13.3 Å². The number of carbonyl (C=O) groups is 1. The van der Waals surface area contributed by atoms with Gasteiger partial charge in [0.05, 0.1) is 17.6 Å². The van der Waals surface area contributed by atoms with Gasteiger partial charge in [-0.3, -0.25) is 14.9 Å². The molecule has 1 heterocycles. The van der Waals surface area contributed by atoms with E-state index in [0.29, 0.717) is 5.69 Å². The quantitative estimate of drug-likeness (QED) is 0.558. The van der Waals surface area contributed by atoms with Crippen LogP contribution in [0.5, 0.6) is 0 Å². The third-order valence-electron chi connectivity index (χ3n) is 3.59. The van der Waals surface area contributed by atoms with E-state index in [4.69, 9.17) is 16.0 Å². The lowest BCUT2D eigenvalue weighted by Gasteiger charge is -2.05. The van der Waals surface area contributed by atoms with Gasteiger partial charge in [-0.1, -0.05) is 23.7 Å². The van der Waals surface area contributed by atoms with Gasteiger partial charge in [0.25, 0.3) is 5.69 Å². The molecule has 0 unspecified atom stereocenters. The highest BCUT2D eigenvalue weighted by atomic mass is 35.5. The topological polar surface area (TPSA) is 85.4 Å². The number of nitrogens with one attached hydrogen (secondary N) is 1. The second-order valence-corrected chi connectivity index (χ2v) is 5.82. The monoisotopic (exact) mass is 344 g/mol. The Labute approximate surface area is 142 Å². The molecule has 122 valence electrons. The fourth-order valence-electron chi connectivity index (χ4n) is 2.44. The molecule has 7 heteroatoms. The lowest BCUT2D eigenvalue weighted by Crippen LogP contribution is -2.14. The highest BCUT2D eigenvalue weighted by molar-refractivity contribution is 6.32. The molecule has 6 nitrogen and oxygen atoms in total. The molecule has 24 heavy (non-hydrogen) atoms. The van der Waals surface area contributed by atoms with Crippen molar-refractivity contribution >= 4 is 39.9 Å². The lowest BCUT2D eigenvalue weighted by molar-refractivity contribution is -0.384. The number of hydrogen-bond acceptors (Lipinski definition) is 4. The molecule has 0 saturated heterocycles. The molecule has 0 aliphatic rings. The minimum absolute atomic E-state index is 0.0224. The van der Waals surface area contributed by atoms with Crippen LogP contribution < -0.4 is 5.32 Å². The first-order chi connectivity index (χ1) is 11.4. The SMILES string of the molecule is Cc1ccc2c(CC(=O)Nc3ccc(Cl)c([N+](=O)[O-])c3)coc2c1. The maximum Gasteiger partial charge on any atom is 0.289 e. The van der Waals surface area contributed by atoms with Gasteiger partial charge in [-0.2, -0.15) is 0 Å². The van der Waals surface area contributed by atoms with Crippen LogP contribution in [0.1, 0.15) is 11.1 Å². The third-order valence-corrected chi connectivity index (χ3v) is 3.91. The normalized spacial score (nSPS) is 10.8. The van der Waals surface area contributed by atoms with Crippen molar-refractivity contribution in [2.24, 2.45) is 0 Å². The van der Waals surface area contributed by atoms with E-state index >= 15 is 0 Å². The molecule has 1 amide bonds. The number of amides is 1. The van der Waals surface area contributed by atoms with E-state index in [-0.39, 0.29) is 23.0 Å². The average molecular weight is 345 g/mol. The second-order valence-electron chi connectivity index (χ2n) is 5.41. The first-order valence-electron chi connectivity index (χ1n) is 7.14. The molecule has 1 N–H and O–H groups in total. The number of aryl methyl sites for hydroxylation is 1. The number of nitro groups is 1. The van der Waals surface area contributed by atoms with Crippen molar-refractivity contribution < 1.29 is 14.1 Å². The van der Waals surface area contributed by atoms with Crippen molar-refractivity contribution in [3.05, 3.63) is 68.9 Å². The predicted octanol–water partition coefficient (Wildman–Crippen LogP) is 4.48. The molecular formula is C17H13ClN2O4. The third kappa shape index (κ3) is 3.23. The van der Waals surface area contributed by atoms with Crippen LogP contribution in [0.25, 0.3) is 11.0 Å².